The lowest BCUT2D eigenvalue weighted by Crippen LogP contribution is -2.34. The Kier molecular flexibility index (Phi) is 6.46. The third kappa shape index (κ3) is 4.20. The summed E-state index contributed by atoms with van der Waals surface area (Å²) in [4.78, 5) is 14.2. The van der Waals surface area contributed by atoms with Gasteiger partial charge in [0.15, 0.2) is 0 Å². The van der Waals surface area contributed by atoms with Gasteiger partial charge in [0.2, 0.25) is 5.91 Å². The van der Waals surface area contributed by atoms with E-state index in [1.54, 1.807) is 0 Å². The van der Waals surface area contributed by atoms with Crippen LogP contribution in [0.3, 0.4) is 0 Å². The first kappa shape index (κ1) is 17.0. The Bertz CT molecular complexity index is 464. The average Bonchev–Trinajstić information content (AvgIpc) is 2.77. The molecule has 5 heteroatoms. The van der Waals surface area contributed by atoms with Crippen molar-refractivity contribution < 1.29 is 4.79 Å². The van der Waals surface area contributed by atoms with Crippen LogP contribution in [0, 0.1) is 6.92 Å². The normalized spacial score (nSPS) is 18.6. The third-order valence-electron chi connectivity index (χ3n) is 3.68. The number of benzene rings is 1. The van der Waals surface area contributed by atoms with Crippen molar-refractivity contribution in [3.63, 3.8) is 0 Å². The smallest absolute Gasteiger partial charge is 0.238 e. The first-order valence-electron chi connectivity index (χ1n) is 6.96. The fourth-order valence-electron chi connectivity index (χ4n) is 2.59. The number of nitrogens with zero attached hydrogens (tertiary/aromatic N) is 1. The van der Waals surface area contributed by atoms with Gasteiger partial charge in [0.1, 0.15) is 0 Å². The van der Waals surface area contributed by atoms with Crippen molar-refractivity contribution in [3.8, 4) is 0 Å². The molecule has 1 heterocycles. The number of nitrogens with two attached hydrogens (primary N) is 1. The molecular weight excluding hydrogens is 274 g/mol. The number of hydrogen-bond acceptors (Lipinski definition) is 3. The highest BCUT2D eigenvalue weighted by Gasteiger charge is 2.21. The van der Waals surface area contributed by atoms with Crippen molar-refractivity contribution in [3.05, 3.63) is 29.3 Å². The Hall–Kier alpha value is -1.10. The molecule has 1 aliphatic rings. The lowest BCUT2D eigenvalue weighted by Gasteiger charge is -2.17. The summed E-state index contributed by atoms with van der Waals surface area (Å²) in [5, 5.41) is 3.05. The lowest BCUT2D eigenvalue weighted by atomic mass is 10.1. The number of nitrogens with one attached hydrogen (secondary N) is 1. The maximum atomic E-state index is 12.1. The lowest BCUT2D eigenvalue weighted by molar-refractivity contribution is -0.117. The van der Waals surface area contributed by atoms with Crippen LogP contribution < -0.4 is 11.1 Å². The number of aryl methyl sites for hydroxylation is 2. The molecule has 1 aliphatic heterocycles. The minimum Gasteiger partial charge on any atom is -0.326 e. The van der Waals surface area contributed by atoms with Crippen molar-refractivity contribution in [2.75, 3.05) is 25.0 Å². The summed E-state index contributed by atoms with van der Waals surface area (Å²) in [5.41, 5.74) is 9.12. The van der Waals surface area contributed by atoms with E-state index in [1.807, 2.05) is 19.1 Å². The number of para-hydroxylation sites is 1. The van der Waals surface area contributed by atoms with Crippen molar-refractivity contribution in [2.45, 2.75) is 32.7 Å². The van der Waals surface area contributed by atoms with Crippen LogP contribution in [0.4, 0.5) is 5.69 Å². The number of halogens is 1. The molecule has 1 amide bonds. The molecule has 1 fully saturated rings. The molecule has 1 atom stereocenters. The van der Waals surface area contributed by atoms with Gasteiger partial charge in [0, 0.05) is 24.8 Å². The van der Waals surface area contributed by atoms with Gasteiger partial charge < -0.3 is 11.1 Å². The number of carbonyl (C=O) groups excluding carboxylic acids is 1. The van der Waals surface area contributed by atoms with E-state index in [0.717, 1.165) is 37.2 Å². The summed E-state index contributed by atoms with van der Waals surface area (Å²) in [5.74, 6) is 0.0538. The molecule has 3 N–H and O–H groups in total. The number of carbonyl (C=O) groups is 1. The fraction of sp³-hybridized carbons (Fsp3) is 0.533. The summed E-state index contributed by atoms with van der Waals surface area (Å²) < 4.78 is 0. The van der Waals surface area contributed by atoms with E-state index < -0.39 is 0 Å². The van der Waals surface area contributed by atoms with Crippen LogP contribution in [0.25, 0.3) is 0 Å². The Balaban J connectivity index is 0.00000200. The van der Waals surface area contributed by atoms with Crippen LogP contribution in [-0.4, -0.2) is 36.5 Å². The van der Waals surface area contributed by atoms with Crippen LogP contribution in [-0.2, 0) is 11.2 Å². The second-order valence-electron chi connectivity index (χ2n) is 5.29. The van der Waals surface area contributed by atoms with Crippen LogP contribution in [0.2, 0.25) is 0 Å². The van der Waals surface area contributed by atoms with Crippen molar-refractivity contribution in [1.82, 2.24) is 4.90 Å². The maximum absolute atomic E-state index is 12.1. The van der Waals surface area contributed by atoms with Gasteiger partial charge in [0.25, 0.3) is 0 Å². The molecule has 0 aliphatic carbocycles. The van der Waals surface area contributed by atoms with E-state index in [2.05, 4.69) is 23.2 Å². The monoisotopic (exact) mass is 297 g/mol. The minimum absolute atomic E-state index is 0. The first-order valence-corrected chi connectivity index (χ1v) is 6.96. The predicted octanol–water partition coefficient (Wildman–Crippen LogP) is 1.95. The van der Waals surface area contributed by atoms with Crippen LogP contribution in [0.15, 0.2) is 18.2 Å². The zero-order valence-corrected chi connectivity index (χ0v) is 13.0. The van der Waals surface area contributed by atoms with E-state index in [-0.39, 0.29) is 24.4 Å². The molecule has 1 saturated heterocycles. The van der Waals surface area contributed by atoms with Crippen molar-refractivity contribution in [2.24, 2.45) is 5.73 Å². The maximum Gasteiger partial charge on any atom is 0.238 e. The van der Waals surface area contributed by atoms with E-state index in [0.29, 0.717) is 6.54 Å². The molecule has 0 unspecified atom stereocenters. The summed E-state index contributed by atoms with van der Waals surface area (Å²) in [6.45, 7) is 6.31. The highest BCUT2D eigenvalue weighted by Crippen LogP contribution is 2.21. The van der Waals surface area contributed by atoms with Gasteiger partial charge in [-0.15, -0.1) is 12.4 Å². The van der Waals surface area contributed by atoms with Gasteiger partial charge in [-0.1, -0.05) is 25.1 Å². The van der Waals surface area contributed by atoms with Gasteiger partial charge in [-0.3, -0.25) is 9.69 Å². The molecule has 0 saturated carbocycles. The van der Waals surface area contributed by atoms with E-state index in [9.17, 15) is 4.79 Å². The minimum atomic E-state index is 0. The standard InChI is InChI=1S/C15H23N3O.ClH/c1-3-12-6-4-5-11(2)15(12)17-14(19)10-18-8-7-13(16)9-18;/h4-6,13H,3,7-10,16H2,1-2H3,(H,17,19);1H/t13-;/m0./s1. The van der Waals surface area contributed by atoms with Gasteiger partial charge in [-0.2, -0.15) is 0 Å². The van der Waals surface area contributed by atoms with Crippen LogP contribution in [0.5, 0.6) is 0 Å². The number of hydrogen-bond donors (Lipinski definition) is 2. The molecule has 112 valence electrons. The number of likely N-dealkylation sites (tertiary alicyclic amines) is 1. The Morgan fingerprint density at radius 3 is 2.85 bits per heavy atom. The summed E-state index contributed by atoms with van der Waals surface area (Å²) in [6.07, 6.45) is 1.91. The average molecular weight is 298 g/mol. The number of anilines is 1. The topological polar surface area (TPSA) is 58.4 Å². The molecule has 0 bridgehead atoms. The van der Waals surface area contributed by atoms with Crippen LogP contribution >= 0.6 is 12.4 Å². The van der Waals surface area contributed by atoms with Gasteiger partial charge in [-0.05, 0) is 30.9 Å². The quantitative estimate of drug-likeness (QED) is 0.893. The molecule has 1 aromatic carbocycles. The molecule has 0 radical (unpaired) electrons. The molecule has 4 nitrogen and oxygen atoms in total. The van der Waals surface area contributed by atoms with Crippen molar-refractivity contribution in [1.29, 1.82) is 0 Å². The Morgan fingerprint density at radius 1 is 1.50 bits per heavy atom. The molecule has 0 spiro atoms. The summed E-state index contributed by atoms with van der Waals surface area (Å²) >= 11 is 0. The zero-order chi connectivity index (χ0) is 13.8. The SMILES string of the molecule is CCc1cccc(C)c1NC(=O)CN1CC[C@H](N)C1.Cl. The van der Waals surface area contributed by atoms with E-state index >= 15 is 0 Å². The molecule has 0 aromatic heterocycles. The molecule has 1 aromatic rings. The number of amides is 1. The highest BCUT2D eigenvalue weighted by atomic mass is 35.5. The summed E-state index contributed by atoms with van der Waals surface area (Å²) in [7, 11) is 0. The predicted molar refractivity (Wildman–Crippen MR) is 85.5 cm³/mol. The Labute approximate surface area is 127 Å². The van der Waals surface area contributed by atoms with Crippen LogP contribution in [0.1, 0.15) is 24.5 Å². The molecule has 2 rings (SSSR count). The molecular formula is C15H24ClN3O. The van der Waals surface area contributed by atoms with Gasteiger partial charge in [0.05, 0.1) is 6.54 Å². The van der Waals surface area contributed by atoms with E-state index in [4.69, 9.17) is 5.73 Å². The Morgan fingerprint density at radius 2 is 2.25 bits per heavy atom. The third-order valence-corrected chi connectivity index (χ3v) is 3.68. The molecule has 20 heavy (non-hydrogen) atoms. The van der Waals surface area contributed by atoms with Gasteiger partial charge >= 0.3 is 0 Å². The van der Waals surface area contributed by atoms with Gasteiger partial charge in [-0.25, -0.2) is 0 Å². The second kappa shape index (κ2) is 7.62. The van der Waals surface area contributed by atoms with E-state index in [1.165, 1.54) is 5.56 Å². The zero-order valence-electron chi connectivity index (χ0n) is 12.2. The largest absolute Gasteiger partial charge is 0.326 e. The fourth-order valence-corrected chi connectivity index (χ4v) is 2.59. The number of rotatable bonds is 4. The second-order valence-corrected chi connectivity index (χ2v) is 5.29. The van der Waals surface area contributed by atoms with Crippen molar-refractivity contribution >= 4 is 24.0 Å². The summed E-state index contributed by atoms with van der Waals surface area (Å²) in [6, 6.07) is 6.34. The highest BCUT2D eigenvalue weighted by molar-refractivity contribution is 5.93. The first-order chi connectivity index (χ1) is 9.10.